The van der Waals surface area contributed by atoms with Gasteiger partial charge in [0, 0.05) is 10.7 Å². The molecule has 0 aliphatic heterocycles. The molecule has 0 saturated heterocycles. The first-order chi connectivity index (χ1) is 9.06. The van der Waals surface area contributed by atoms with Crippen molar-refractivity contribution in [1.82, 2.24) is 4.98 Å². The fourth-order valence-corrected chi connectivity index (χ4v) is 1.97. The van der Waals surface area contributed by atoms with Crippen molar-refractivity contribution >= 4 is 21.9 Å². The molecular formula is C14H12BrNO3. The number of carboxylic acid groups (broad SMARTS) is 1. The van der Waals surface area contributed by atoms with Crippen LogP contribution in [0.2, 0.25) is 0 Å². The Morgan fingerprint density at radius 1 is 1.37 bits per heavy atom. The third kappa shape index (κ3) is 3.54. The largest absolute Gasteiger partial charge is 0.487 e. The molecule has 0 aliphatic carbocycles. The Bertz CT molecular complexity index is 613. The highest BCUT2D eigenvalue weighted by atomic mass is 79.9. The van der Waals surface area contributed by atoms with E-state index < -0.39 is 5.97 Å². The Labute approximate surface area is 119 Å². The lowest BCUT2D eigenvalue weighted by Gasteiger charge is -2.09. The highest BCUT2D eigenvalue weighted by molar-refractivity contribution is 9.10. The first-order valence-corrected chi connectivity index (χ1v) is 6.42. The van der Waals surface area contributed by atoms with E-state index in [2.05, 4.69) is 20.9 Å². The minimum atomic E-state index is -0.924. The first kappa shape index (κ1) is 13.5. The van der Waals surface area contributed by atoms with Gasteiger partial charge in [-0.1, -0.05) is 6.07 Å². The van der Waals surface area contributed by atoms with Crippen molar-refractivity contribution in [2.75, 3.05) is 0 Å². The molecule has 0 atom stereocenters. The molecule has 2 rings (SSSR count). The molecule has 0 bridgehead atoms. The fraction of sp³-hybridized carbons (Fsp3) is 0.143. The predicted molar refractivity (Wildman–Crippen MR) is 74.4 cm³/mol. The van der Waals surface area contributed by atoms with Crippen LogP contribution < -0.4 is 4.74 Å². The zero-order chi connectivity index (χ0) is 13.8. The molecule has 1 aromatic heterocycles. The van der Waals surface area contributed by atoms with E-state index in [0.29, 0.717) is 12.4 Å². The average Bonchev–Trinajstić information content (AvgIpc) is 2.37. The van der Waals surface area contributed by atoms with Crippen LogP contribution in [0.3, 0.4) is 0 Å². The van der Waals surface area contributed by atoms with E-state index in [9.17, 15) is 4.79 Å². The number of aromatic carboxylic acids is 1. The Morgan fingerprint density at radius 2 is 2.16 bits per heavy atom. The maximum atomic E-state index is 10.8. The minimum absolute atomic E-state index is 0.283. The van der Waals surface area contributed by atoms with Gasteiger partial charge in [0.15, 0.2) is 0 Å². The highest BCUT2D eigenvalue weighted by Gasteiger charge is 2.06. The lowest BCUT2D eigenvalue weighted by Crippen LogP contribution is -2.02. The van der Waals surface area contributed by atoms with Gasteiger partial charge in [-0.2, -0.15) is 0 Å². The van der Waals surface area contributed by atoms with Gasteiger partial charge in [-0.25, -0.2) is 4.79 Å². The van der Waals surface area contributed by atoms with Crippen LogP contribution in [0.15, 0.2) is 41.1 Å². The summed E-state index contributed by atoms with van der Waals surface area (Å²) in [5.41, 5.74) is 2.12. The Morgan fingerprint density at radius 3 is 2.79 bits per heavy atom. The fourth-order valence-electron chi connectivity index (χ4n) is 1.62. The number of hydrogen-bond donors (Lipinski definition) is 1. The Balaban J connectivity index is 2.10. The summed E-state index contributed by atoms with van der Waals surface area (Å²) in [5.74, 6) is -0.261. The van der Waals surface area contributed by atoms with E-state index >= 15 is 0 Å². The molecular weight excluding hydrogens is 310 g/mol. The van der Waals surface area contributed by atoms with Crippen LogP contribution in [-0.2, 0) is 6.61 Å². The van der Waals surface area contributed by atoms with Crippen molar-refractivity contribution in [2.24, 2.45) is 0 Å². The predicted octanol–water partition coefficient (Wildman–Crippen LogP) is 3.43. The minimum Gasteiger partial charge on any atom is -0.487 e. The number of nitrogens with zero attached hydrogens (tertiary/aromatic N) is 1. The molecule has 5 heteroatoms. The van der Waals surface area contributed by atoms with Gasteiger partial charge in [0.2, 0.25) is 0 Å². The second-order valence-corrected chi connectivity index (χ2v) is 4.99. The Hall–Kier alpha value is -1.88. The van der Waals surface area contributed by atoms with Crippen molar-refractivity contribution in [1.29, 1.82) is 0 Å². The van der Waals surface area contributed by atoms with Gasteiger partial charge in [-0.3, -0.25) is 4.98 Å². The van der Waals surface area contributed by atoms with Gasteiger partial charge in [-0.05, 0) is 52.2 Å². The summed E-state index contributed by atoms with van der Waals surface area (Å²) in [5, 5.41) is 8.89. The standard InChI is InChI=1S/C14H12BrNO3/c1-9-4-10(14(17)18)2-3-11(9)8-19-13-5-12(15)6-16-7-13/h2-7H,8H2,1H3,(H,17,18). The molecule has 98 valence electrons. The number of aromatic nitrogens is 1. The molecule has 4 nitrogen and oxygen atoms in total. The SMILES string of the molecule is Cc1cc(C(=O)O)ccc1COc1cncc(Br)c1. The highest BCUT2D eigenvalue weighted by Crippen LogP contribution is 2.18. The topological polar surface area (TPSA) is 59.4 Å². The Kier molecular flexibility index (Phi) is 4.16. The summed E-state index contributed by atoms with van der Waals surface area (Å²) in [6, 6.07) is 6.81. The number of pyridine rings is 1. The van der Waals surface area contributed by atoms with Gasteiger partial charge >= 0.3 is 5.97 Å². The number of aryl methyl sites for hydroxylation is 1. The quantitative estimate of drug-likeness (QED) is 0.937. The van der Waals surface area contributed by atoms with Crippen LogP contribution in [0.4, 0.5) is 0 Å². The molecule has 1 heterocycles. The van der Waals surface area contributed by atoms with E-state index in [4.69, 9.17) is 9.84 Å². The lowest BCUT2D eigenvalue weighted by atomic mass is 10.1. The van der Waals surface area contributed by atoms with Crippen molar-refractivity contribution in [3.8, 4) is 5.75 Å². The summed E-state index contributed by atoms with van der Waals surface area (Å²) in [7, 11) is 0. The van der Waals surface area contributed by atoms with Gasteiger partial charge in [0.25, 0.3) is 0 Å². The van der Waals surface area contributed by atoms with Crippen molar-refractivity contribution < 1.29 is 14.6 Å². The number of carbonyl (C=O) groups is 1. The summed E-state index contributed by atoms with van der Waals surface area (Å²) in [6.07, 6.45) is 3.31. The van der Waals surface area contributed by atoms with Crippen LogP contribution >= 0.6 is 15.9 Å². The summed E-state index contributed by atoms with van der Waals surface area (Å²) < 4.78 is 6.46. The number of rotatable bonds is 4. The summed E-state index contributed by atoms with van der Waals surface area (Å²) in [4.78, 5) is 14.8. The second-order valence-electron chi connectivity index (χ2n) is 4.07. The summed E-state index contributed by atoms with van der Waals surface area (Å²) >= 11 is 3.32. The molecule has 0 fully saturated rings. The maximum Gasteiger partial charge on any atom is 0.335 e. The van der Waals surface area contributed by atoms with E-state index in [0.717, 1.165) is 15.6 Å². The molecule has 0 aliphatic rings. The van der Waals surface area contributed by atoms with Gasteiger partial charge < -0.3 is 9.84 Å². The van der Waals surface area contributed by atoms with Gasteiger partial charge in [-0.15, -0.1) is 0 Å². The first-order valence-electron chi connectivity index (χ1n) is 5.62. The molecule has 0 amide bonds. The monoisotopic (exact) mass is 321 g/mol. The third-order valence-corrected chi connectivity index (χ3v) is 3.10. The van der Waals surface area contributed by atoms with E-state index in [1.807, 2.05) is 13.0 Å². The van der Waals surface area contributed by atoms with E-state index in [1.165, 1.54) is 0 Å². The van der Waals surface area contributed by atoms with Crippen LogP contribution in [0.1, 0.15) is 21.5 Å². The zero-order valence-corrected chi connectivity index (χ0v) is 11.8. The maximum absolute atomic E-state index is 10.8. The molecule has 1 N–H and O–H groups in total. The van der Waals surface area contributed by atoms with E-state index in [1.54, 1.807) is 30.6 Å². The number of halogens is 1. The number of ether oxygens (including phenoxy) is 1. The number of hydrogen-bond acceptors (Lipinski definition) is 3. The summed E-state index contributed by atoms with van der Waals surface area (Å²) in [6.45, 7) is 2.24. The molecule has 0 unspecified atom stereocenters. The molecule has 19 heavy (non-hydrogen) atoms. The van der Waals surface area contributed by atoms with Crippen LogP contribution in [0, 0.1) is 6.92 Å². The molecule has 0 spiro atoms. The van der Waals surface area contributed by atoms with Crippen LogP contribution in [-0.4, -0.2) is 16.1 Å². The van der Waals surface area contributed by atoms with E-state index in [-0.39, 0.29) is 5.56 Å². The average molecular weight is 322 g/mol. The van der Waals surface area contributed by atoms with Gasteiger partial charge in [0.1, 0.15) is 12.4 Å². The number of carboxylic acids is 1. The molecule has 1 aromatic carbocycles. The van der Waals surface area contributed by atoms with Gasteiger partial charge in [0.05, 0.1) is 11.8 Å². The third-order valence-electron chi connectivity index (χ3n) is 2.66. The number of benzene rings is 1. The van der Waals surface area contributed by atoms with Crippen LogP contribution in [0.5, 0.6) is 5.75 Å². The smallest absolute Gasteiger partial charge is 0.335 e. The van der Waals surface area contributed by atoms with Crippen LogP contribution in [0.25, 0.3) is 0 Å². The van der Waals surface area contributed by atoms with Crippen molar-refractivity contribution in [3.05, 3.63) is 57.8 Å². The molecule has 0 saturated carbocycles. The van der Waals surface area contributed by atoms with Crippen molar-refractivity contribution in [2.45, 2.75) is 13.5 Å². The zero-order valence-electron chi connectivity index (χ0n) is 10.3. The normalized spacial score (nSPS) is 10.2. The molecule has 2 aromatic rings. The van der Waals surface area contributed by atoms with Crippen molar-refractivity contribution in [3.63, 3.8) is 0 Å². The molecule has 0 radical (unpaired) electrons. The second kappa shape index (κ2) is 5.84. The lowest BCUT2D eigenvalue weighted by molar-refractivity contribution is 0.0696.